The first-order valence-corrected chi connectivity index (χ1v) is 19.5. The van der Waals surface area contributed by atoms with E-state index >= 15 is 0 Å². The maximum absolute atomic E-state index is 6.19. The summed E-state index contributed by atoms with van der Waals surface area (Å²) in [4.78, 5) is 2.37. The van der Waals surface area contributed by atoms with Crippen LogP contribution in [0.1, 0.15) is 44.5 Å². The number of rotatable bonds is 25. The summed E-state index contributed by atoms with van der Waals surface area (Å²) in [6, 6.07) is 12.7. The molecule has 0 fully saturated rings. The van der Waals surface area contributed by atoms with Gasteiger partial charge in [0.05, 0.1) is 70.5 Å². The number of nitrogens with zero attached hydrogens (tertiary/aromatic N) is 5. The molecule has 0 bridgehead atoms. The van der Waals surface area contributed by atoms with Crippen molar-refractivity contribution in [3.05, 3.63) is 83.3 Å². The van der Waals surface area contributed by atoms with Gasteiger partial charge in [-0.15, -0.1) is 5.10 Å². The molecule has 57 heavy (non-hydrogen) atoms. The van der Waals surface area contributed by atoms with E-state index in [2.05, 4.69) is 90.0 Å². The first-order valence-electron chi connectivity index (χ1n) is 19.5. The van der Waals surface area contributed by atoms with Crippen LogP contribution in [0.15, 0.2) is 66.5 Å². The number of aryl methyl sites for hydroxylation is 1. The second kappa shape index (κ2) is 22.4. The highest BCUT2D eigenvalue weighted by atomic mass is 35.5. The van der Waals surface area contributed by atoms with Crippen molar-refractivity contribution in [2.75, 3.05) is 112 Å². The third-order valence-corrected chi connectivity index (χ3v) is 10.2. The maximum atomic E-state index is 6.19. The number of anilines is 1. The van der Waals surface area contributed by atoms with Gasteiger partial charge in [-0.05, 0) is 62.7 Å². The molecule has 0 spiro atoms. The fraction of sp³-hybridized carbons (Fsp3) is 0.558. The molecule has 2 aromatic carbocycles. The van der Waals surface area contributed by atoms with E-state index in [0.29, 0.717) is 92.3 Å². The summed E-state index contributed by atoms with van der Waals surface area (Å²) in [5.41, 5.74) is 7.38. The molecule has 14 heteroatoms. The average Bonchev–Trinajstić information content (AvgIpc) is 3.76. The summed E-state index contributed by atoms with van der Waals surface area (Å²) in [7, 11) is 5.06. The first kappa shape index (κ1) is 45.9. The minimum Gasteiger partial charge on any atom is -1.00 e. The van der Waals surface area contributed by atoms with Gasteiger partial charge in [0, 0.05) is 68.6 Å². The van der Waals surface area contributed by atoms with Gasteiger partial charge < -0.3 is 55.2 Å². The molecule has 0 radical (unpaired) electrons. The van der Waals surface area contributed by atoms with Crippen LogP contribution < -0.4 is 26.8 Å². The van der Waals surface area contributed by atoms with Gasteiger partial charge in [-0.3, -0.25) is 0 Å². The van der Waals surface area contributed by atoms with E-state index in [0.717, 1.165) is 28.6 Å². The zero-order valence-electron chi connectivity index (χ0n) is 35.1. The second-order valence-corrected chi connectivity index (χ2v) is 14.8. The third-order valence-electron chi connectivity index (χ3n) is 10.2. The molecular weight excluding hydrogens is 750 g/mol. The lowest BCUT2D eigenvalue weighted by molar-refractivity contribution is -0.442. The van der Waals surface area contributed by atoms with Gasteiger partial charge in [-0.1, -0.05) is 25.1 Å². The number of fused-ring (bicyclic) bond motifs is 2. The maximum Gasteiger partial charge on any atom is 0.210 e. The van der Waals surface area contributed by atoms with Crippen LogP contribution >= 0.6 is 0 Å². The van der Waals surface area contributed by atoms with Crippen LogP contribution in [0.2, 0.25) is 0 Å². The Morgan fingerprint density at radius 2 is 1.28 bits per heavy atom. The number of halogens is 1. The summed E-state index contributed by atoms with van der Waals surface area (Å²) in [6.45, 7) is 18.9. The third kappa shape index (κ3) is 11.9. The number of benzene rings is 2. The van der Waals surface area contributed by atoms with Crippen LogP contribution in [0.3, 0.4) is 0 Å². The topological polar surface area (TPSA) is 111 Å². The molecule has 2 aliphatic rings. The first-order chi connectivity index (χ1) is 27.1. The molecule has 3 heterocycles. The SMILES string of the molecule is COCCOCCN1C(=CC=CC2=[N+](CCOCCOC)c3ccc(OCCOCCn4cc(C)nn4)cc3C2(C)C)C(C)(C)c2cc(OCCOC)ccc21.[Cl-]. The minimum atomic E-state index is -0.305. The molecule has 0 saturated heterocycles. The van der Waals surface area contributed by atoms with Crippen molar-refractivity contribution in [2.45, 2.75) is 52.0 Å². The molecule has 0 saturated carbocycles. The molecule has 5 rings (SSSR count). The number of methoxy groups -OCH3 is 3. The van der Waals surface area contributed by atoms with E-state index < -0.39 is 0 Å². The van der Waals surface area contributed by atoms with Gasteiger partial charge in [0.15, 0.2) is 12.3 Å². The van der Waals surface area contributed by atoms with Gasteiger partial charge in [0.1, 0.15) is 31.3 Å². The van der Waals surface area contributed by atoms with Crippen LogP contribution in [0.4, 0.5) is 11.4 Å². The van der Waals surface area contributed by atoms with Crippen molar-refractivity contribution in [1.82, 2.24) is 15.0 Å². The highest BCUT2D eigenvalue weighted by molar-refractivity contribution is 6.03. The largest absolute Gasteiger partial charge is 1.00 e. The van der Waals surface area contributed by atoms with Crippen molar-refractivity contribution in [3.63, 3.8) is 0 Å². The molecule has 0 aliphatic carbocycles. The Hall–Kier alpha value is -3.82. The van der Waals surface area contributed by atoms with E-state index in [4.69, 9.17) is 37.9 Å². The van der Waals surface area contributed by atoms with Crippen molar-refractivity contribution in [3.8, 4) is 11.5 Å². The van der Waals surface area contributed by atoms with E-state index in [1.54, 1.807) is 26.0 Å². The monoisotopic (exact) mass is 811 g/mol. The lowest BCUT2D eigenvalue weighted by Crippen LogP contribution is -3.00. The van der Waals surface area contributed by atoms with Gasteiger partial charge in [0.25, 0.3) is 0 Å². The average molecular weight is 812 g/mol. The molecule has 3 aromatic rings. The van der Waals surface area contributed by atoms with E-state index in [1.807, 2.05) is 25.3 Å². The predicted molar refractivity (Wildman–Crippen MR) is 217 cm³/mol. The number of aromatic nitrogens is 3. The predicted octanol–water partition coefficient (Wildman–Crippen LogP) is 2.65. The molecule has 0 amide bonds. The van der Waals surface area contributed by atoms with Crippen LogP contribution in [0.5, 0.6) is 11.5 Å². The van der Waals surface area contributed by atoms with E-state index in [9.17, 15) is 0 Å². The number of hydrogen-bond acceptors (Lipinski definition) is 11. The number of ether oxygens (including phenoxy) is 8. The lowest BCUT2D eigenvalue weighted by atomic mass is 9.81. The van der Waals surface area contributed by atoms with Gasteiger partial charge in [-0.2, -0.15) is 4.58 Å². The van der Waals surface area contributed by atoms with Crippen LogP contribution in [0, 0.1) is 6.92 Å². The van der Waals surface area contributed by atoms with Crippen molar-refractivity contribution in [2.24, 2.45) is 0 Å². The zero-order valence-corrected chi connectivity index (χ0v) is 35.8. The molecule has 0 N–H and O–H groups in total. The van der Waals surface area contributed by atoms with Crippen molar-refractivity contribution < 1.29 is 54.9 Å². The van der Waals surface area contributed by atoms with E-state index in [-0.39, 0.29) is 23.2 Å². The lowest BCUT2D eigenvalue weighted by Gasteiger charge is -2.27. The smallest absolute Gasteiger partial charge is 0.210 e. The fourth-order valence-electron chi connectivity index (χ4n) is 7.23. The highest BCUT2D eigenvalue weighted by Gasteiger charge is 2.45. The van der Waals surface area contributed by atoms with Gasteiger partial charge in [-0.25, -0.2) is 4.68 Å². The van der Waals surface area contributed by atoms with Crippen LogP contribution in [-0.4, -0.2) is 132 Å². The molecule has 314 valence electrons. The standard InChI is InChI=1S/C43H62N5O8.ClH/c1-33-32-46(45-44-33)16-19-52-27-29-56-35-13-15-39-37(31-35)43(4,5)41(48(39)18-21-54-26-23-50-7)11-9-10-40-42(2,3)36-30-34(55-28-24-51-8)12-14-38(36)47(40)17-20-53-25-22-49-6;/h9-15,30-32H,16-29H2,1-8H3;1H/q+1;/p-1. The Bertz CT molecular complexity index is 1810. The Labute approximate surface area is 344 Å². The molecule has 1 aromatic heterocycles. The van der Waals surface area contributed by atoms with Crippen molar-refractivity contribution in [1.29, 1.82) is 0 Å². The molecule has 0 atom stereocenters. The van der Waals surface area contributed by atoms with Gasteiger partial charge in [0.2, 0.25) is 5.69 Å². The van der Waals surface area contributed by atoms with Crippen LogP contribution in [-0.2, 0) is 45.8 Å². The number of allylic oxidation sites excluding steroid dienone is 4. The zero-order chi connectivity index (χ0) is 40.0. The van der Waals surface area contributed by atoms with Crippen LogP contribution in [0.25, 0.3) is 0 Å². The quantitative estimate of drug-likeness (QED) is 0.0932. The van der Waals surface area contributed by atoms with Crippen molar-refractivity contribution >= 4 is 17.1 Å². The molecule has 2 aliphatic heterocycles. The Morgan fingerprint density at radius 1 is 0.684 bits per heavy atom. The molecule has 0 unspecified atom stereocenters. The minimum absolute atomic E-state index is 0. The summed E-state index contributed by atoms with van der Waals surface area (Å²) in [5, 5.41) is 8.09. The Kier molecular flexibility index (Phi) is 18.0. The summed E-state index contributed by atoms with van der Waals surface area (Å²) in [5.74, 6) is 1.65. The fourth-order valence-corrected chi connectivity index (χ4v) is 7.23. The molecular formula is C43H62ClN5O8. The normalized spacial score (nSPS) is 16.1. The summed E-state index contributed by atoms with van der Waals surface area (Å²) in [6.07, 6.45) is 8.59. The molecule has 13 nitrogen and oxygen atoms in total. The highest BCUT2D eigenvalue weighted by Crippen LogP contribution is 2.49. The Balaban J connectivity index is 0.00000720. The summed E-state index contributed by atoms with van der Waals surface area (Å²) < 4.78 is 49.7. The summed E-state index contributed by atoms with van der Waals surface area (Å²) >= 11 is 0. The van der Waals surface area contributed by atoms with Gasteiger partial charge >= 0.3 is 0 Å². The van der Waals surface area contributed by atoms with E-state index in [1.165, 1.54) is 22.5 Å². The Morgan fingerprint density at radius 3 is 1.95 bits per heavy atom. The second-order valence-electron chi connectivity index (χ2n) is 14.8. The number of hydrogen-bond donors (Lipinski definition) is 0.